The number of aromatic amines is 1. The van der Waals surface area contributed by atoms with E-state index in [4.69, 9.17) is 5.11 Å². The molecule has 1 amide bonds. The van der Waals surface area contributed by atoms with E-state index in [1.165, 1.54) is 44.5 Å². The zero-order valence-corrected chi connectivity index (χ0v) is 17.1. The van der Waals surface area contributed by atoms with Gasteiger partial charge in [-0.25, -0.2) is 14.4 Å². The van der Waals surface area contributed by atoms with Gasteiger partial charge in [-0.15, -0.1) is 0 Å². The summed E-state index contributed by atoms with van der Waals surface area (Å²) in [4.78, 5) is 24.2. The van der Waals surface area contributed by atoms with E-state index < -0.39 is 11.7 Å². The van der Waals surface area contributed by atoms with Gasteiger partial charge in [-0.2, -0.15) is 0 Å². The van der Waals surface area contributed by atoms with Crippen LogP contribution in [-0.4, -0.2) is 43.7 Å². The maximum atomic E-state index is 15.0. The van der Waals surface area contributed by atoms with E-state index >= 15 is 0 Å². The molecule has 0 radical (unpaired) electrons. The number of halogens is 1. The molecular weight excluding hydrogens is 397 g/mol. The van der Waals surface area contributed by atoms with Crippen LogP contribution in [0.2, 0.25) is 0 Å². The molecule has 0 saturated heterocycles. The van der Waals surface area contributed by atoms with Crippen LogP contribution in [0.1, 0.15) is 48.5 Å². The summed E-state index contributed by atoms with van der Waals surface area (Å²) < 4.78 is 17.3. The Labute approximate surface area is 178 Å². The lowest BCUT2D eigenvalue weighted by atomic mass is 9.95. The zero-order chi connectivity index (χ0) is 21.4. The van der Waals surface area contributed by atoms with Gasteiger partial charge in [-0.1, -0.05) is 25.3 Å². The van der Waals surface area contributed by atoms with Gasteiger partial charge in [0, 0.05) is 18.2 Å². The Hall–Kier alpha value is -3.26. The average Bonchev–Trinajstić information content (AvgIpc) is 3.44. The number of amides is 1. The second-order valence-corrected chi connectivity index (χ2v) is 8.03. The van der Waals surface area contributed by atoms with Crippen molar-refractivity contribution in [3.05, 3.63) is 48.3 Å². The summed E-state index contributed by atoms with van der Waals surface area (Å²) in [6.45, 7) is -0.166. The Morgan fingerprint density at radius 1 is 1.23 bits per heavy atom. The highest BCUT2D eigenvalue weighted by atomic mass is 19.1. The number of aromatic nitrogens is 4. The number of carbonyl (C=O) groups excluding carboxylic acids is 1. The standard InChI is InChI=1S/C23H24FN5O2/c24-17-11-16(21-22(27-12-26-21)20(17)23(31)25-8-9-30)14-6-7-19-18(10-14)28-13-29(19)15-4-2-1-3-5-15/h6-7,10-13,15,30H,1-5,8-9H2,(H,25,31)(H,26,27). The zero-order valence-electron chi connectivity index (χ0n) is 17.1. The molecule has 7 nitrogen and oxygen atoms in total. The minimum absolute atomic E-state index is 0.0516. The van der Waals surface area contributed by atoms with Crippen LogP contribution in [0.25, 0.3) is 33.2 Å². The molecule has 31 heavy (non-hydrogen) atoms. The molecule has 2 aromatic heterocycles. The third-order valence-corrected chi connectivity index (χ3v) is 6.13. The monoisotopic (exact) mass is 421 g/mol. The summed E-state index contributed by atoms with van der Waals surface area (Å²) in [5.41, 5.74) is 4.07. The highest BCUT2D eigenvalue weighted by Crippen LogP contribution is 2.35. The maximum Gasteiger partial charge on any atom is 0.256 e. The third kappa shape index (κ3) is 3.46. The fourth-order valence-electron chi connectivity index (χ4n) is 4.63. The van der Waals surface area contributed by atoms with Gasteiger partial charge in [0.1, 0.15) is 11.4 Å². The second-order valence-electron chi connectivity index (χ2n) is 8.03. The van der Waals surface area contributed by atoms with Gasteiger partial charge in [0.15, 0.2) is 0 Å². The smallest absolute Gasteiger partial charge is 0.256 e. The number of imidazole rings is 2. The molecule has 5 rings (SSSR count). The van der Waals surface area contributed by atoms with Gasteiger partial charge in [-0.3, -0.25) is 4.79 Å². The number of benzene rings is 2. The molecule has 0 bridgehead atoms. The van der Waals surface area contributed by atoms with Crippen LogP contribution >= 0.6 is 0 Å². The number of fused-ring (bicyclic) bond motifs is 2. The van der Waals surface area contributed by atoms with Crippen molar-refractivity contribution in [1.29, 1.82) is 0 Å². The van der Waals surface area contributed by atoms with E-state index in [0.29, 0.717) is 22.6 Å². The number of carbonyl (C=O) groups is 1. The molecule has 0 aliphatic heterocycles. The van der Waals surface area contributed by atoms with Crippen molar-refractivity contribution >= 4 is 28.0 Å². The number of H-pyrrole nitrogens is 1. The highest BCUT2D eigenvalue weighted by molar-refractivity contribution is 6.08. The predicted molar refractivity (Wildman–Crippen MR) is 116 cm³/mol. The molecule has 0 spiro atoms. The van der Waals surface area contributed by atoms with Crippen LogP contribution in [0.3, 0.4) is 0 Å². The average molecular weight is 421 g/mol. The van der Waals surface area contributed by atoms with Crippen molar-refractivity contribution in [2.45, 2.75) is 38.1 Å². The summed E-state index contributed by atoms with van der Waals surface area (Å²) in [6, 6.07) is 7.76. The summed E-state index contributed by atoms with van der Waals surface area (Å²) >= 11 is 0. The SMILES string of the molecule is O=C(NCCO)c1c(F)cc(-c2ccc3c(c2)ncn3C2CCCCC2)c2nc[nH]c12. The molecule has 2 aromatic carbocycles. The second kappa shape index (κ2) is 8.11. The number of nitrogens with one attached hydrogen (secondary N) is 2. The summed E-state index contributed by atoms with van der Waals surface area (Å²) in [6.07, 6.45) is 9.50. The topological polar surface area (TPSA) is 95.8 Å². The lowest BCUT2D eigenvalue weighted by Gasteiger charge is -2.23. The summed E-state index contributed by atoms with van der Waals surface area (Å²) in [7, 11) is 0. The van der Waals surface area contributed by atoms with Gasteiger partial charge in [-0.05, 0) is 36.6 Å². The number of aliphatic hydroxyl groups is 1. The summed E-state index contributed by atoms with van der Waals surface area (Å²) in [5.74, 6) is -1.23. The molecule has 2 heterocycles. The van der Waals surface area contributed by atoms with Crippen LogP contribution in [0.4, 0.5) is 4.39 Å². The third-order valence-electron chi connectivity index (χ3n) is 6.13. The minimum Gasteiger partial charge on any atom is -0.395 e. The van der Waals surface area contributed by atoms with Crippen LogP contribution in [0.15, 0.2) is 36.9 Å². The highest BCUT2D eigenvalue weighted by Gasteiger charge is 2.22. The Bertz CT molecular complexity index is 1260. The number of hydrogen-bond acceptors (Lipinski definition) is 4. The molecule has 1 saturated carbocycles. The van der Waals surface area contributed by atoms with E-state index in [2.05, 4.69) is 24.8 Å². The van der Waals surface area contributed by atoms with Crippen LogP contribution < -0.4 is 5.32 Å². The van der Waals surface area contributed by atoms with Gasteiger partial charge in [0.25, 0.3) is 5.91 Å². The molecule has 1 aliphatic rings. The molecule has 0 unspecified atom stereocenters. The van der Waals surface area contributed by atoms with Gasteiger partial charge >= 0.3 is 0 Å². The van der Waals surface area contributed by atoms with Crippen molar-refractivity contribution in [2.75, 3.05) is 13.2 Å². The molecule has 3 N–H and O–H groups in total. The molecule has 4 aromatic rings. The van der Waals surface area contributed by atoms with E-state index in [-0.39, 0.29) is 18.7 Å². The summed E-state index contributed by atoms with van der Waals surface area (Å²) in [5, 5.41) is 11.4. The lowest BCUT2D eigenvalue weighted by molar-refractivity contribution is 0.0942. The van der Waals surface area contributed by atoms with E-state index in [1.807, 2.05) is 24.5 Å². The predicted octanol–water partition coefficient (Wildman–Crippen LogP) is 3.95. The number of aliphatic hydroxyl groups excluding tert-OH is 1. The van der Waals surface area contributed by atoms with Crippen molar-refractivity contribution in [1.82, 2.24) is 24.8 Å². The van der Waals surface area contributed by atoms with Crippen LogP contribution in [0.5, 0.6) is 0 Å². The fourth-order valence-corrected chi connectivity index (χ4v) is 4.63. The fraction of sp³-hybridized carbons (Fsp3) is 0.348. The van der Waals surface area contributed by atoms with E-state index in [9.17, 15) is 9.18 Å². The van der Waals surface area contributed by atoms with Crippen molar-refractivity contribution < 1.29 is 14.3 Å². The minimum atomic E-state index is -0.643. The first-order valence-electron chi connectivity index (χ1n) is 10.7. The molecular formula is C23H24FN5O2. The molecule has 0 atom stereocenters. The van der Waals surface area contributed by atoms with Gasteiger partial charge < -0.3 is 20.0 Å². The largest absolute Gasteiger partial charge is 0.395 e. The Morgan fingerprint density at radius 2 is 2.06 bits per heavy atom. The number of hydrogen-bond donors (Lipinski definition) is 3. The first-order valence-corrected chi connectivity index (χ1v) is 10.7. The van der Waals surface area contributed by atoms with Crippen molar-refractivity contribution in [2.24, 2.45) is 0 Å². The van der Waals surface area contributed by atoms with Crippen molar-refractivity contribution in [3.8, 4) is 11.1 Å². The van der Waals surface area contributed by atoms with E-state index in [1.54, 1.807) is 0 Å². The van der Waals surface area contributed by atoms with Gasteiger partial charge in [0.2, 0.25) is 0 Å². The molecule has 160 valence electrons. The van der Waals surface area contributed by atoms with Crippen LogP contribution in [0, 0.1) is 5.82 Å². The lowest BCUT2D eigenvalue weighted by Crippen LogP contribution is -2.27. The Balaban J connectivity index is 1.56. The number of nitrogens with zero attached hydrogens (tertiary/aromatic N) is 3. The van der Waals surface area contributed by atoms with Crippen molar-refractivity contribution in [3.63, 3.8) is 0 Å². The first-order chi connectivity index (χ1) is 15.2. The molecule has 1 fully saturated rings. The Kier molecular flexibility index (Phi) is 5.15. The first kappa shape index (κ1) is 19.7. The maximum absolute atomic E-state index is 15.0. The normalized spacial score (nSPS) is 15.0. The number of rotatable bonds is 5. The molecule has 8 heteroatoms. The quantitative estimate of drug-likeness (QED) is 0.455. The van der Waals surface area contributed by atoms with Crippen LogP contribution in [-0.2, 0) is 0 Å². The van der Waals surface area contributed by atoms with E-state index in [0.717, 1.165) is 16.6 Å². The van der Waals surface area contributed by atoms with Gasteiger partial charge in [0.05, 0.1) is 41.3 Å². The Morgan fingerprint density at radius 3 is 2.87 bits per heavy atom. The molecule has 1 aliphatic carbocycles.